The summed E-state index contributed by atoms with van der Waals surface area (Å²) < 4.78 is 11.0. The molecule has 0 amide bonds. The summed E-state index contributed by atoms with van der Waals surface area (Å²) in [4.78, 5) is 15.3. The average molecular weight is 292 g/mol. The second-order valence-corrected chi connectivity index (χ2v) is 5.16. The third kappa shape index (κ3) is 3.72. The van der Waals surface area contributed by atoms with E-state index in [1.807, 2.05) is 6.92 Å². The van der Waals surface area contributed by atoms with Gasteiger partial charge in [0.1, 0.15) is 5.52 Å². The summed E-state index contributed by atoms with van der Waals surface area (Å²) in [6.45, 7) is 7.34. The van der Waals surface area contributed by atoms with Crippen LogP contribution in [0.5, 0.6) is 0 Å². The van der Waals surface area contributed by atoms with E-state index in [9.17, 15) is 4.79 Å². The molecule has 2 aromatic rings. The van der Waals surface area contributed by atoms with E-state index >= 15 is 0 Å². The molecule has 1 atom stereocenters. The van der Waals surface area contributed by atoms with E-state index in [1.54, 1.807) is 6.07 Å². The Kier molecular flexibility index (Phi) is 4.80. The topological polar surface area (TPSA) is 84.6 Å². The highest BCUT2D eigenvalue weighted by Crippen LogP contribution is 2.22. The first-order chi connectivity index (χ1) is 10.0. The molecule has 0 aliphatic rings. The van der Waals surface area contributed by atoms with E-state index in [0.29, 0.717) is 36.2 Å². The van der Waals surface area contributed by atoms with E-state index in [-0.39, 0.29) is 11.6 Å². The Labute approximate surface area is 123 Å². The quantitative estimate of drug-likeness (QED) is 0.816. The number of hydrogen-bond acceptors (Lipinski definition) is 5. The van der Waals surface area contributed by atoms with Gasteiger partial charge in [-0.25, -0.2) is 4.79 Å². The lowest BCUT2D eigenvalue weighted by Crippen LogP contribution is -2.31. The van der Waals surface area contributed by atoms with Crippen LogP contribution in [0, 0.1) is 5.92 Å². The van der Waals surface area contributed by atoms with Crippen molar-refractivity contribution in [2.24, 2.45) is 5.92 Å². The van der Waals surface area contributed by atoms with Gasteiger partial charge in [0, 0.05) is 6.61 Å². The van der Waals surface area contributed by atoms with Crippen LogP contribution >= 0.6 is 0 Å². The number of anilines is 1. The van der Waals surface area contributed by atoms with Crippen LogP contribution in [0.3, 0.4) is 0 Å². The molecule has 0 spiro atoms. The summed E-state index contributed by atoms with van der Waals surface area (Å²) in [5.41, 5.74) is 1.26. The molecular formula is C15H20N2O4. The van der Waals surface area contributed by atoms with Gasteiger partial charge in [0.25, 0.3) is 6.01 Å². The fraction of sp³-hybridized carbons (Fsp3) is 0.467. The van der Waals surface area contributed by atoms with E-state index in [4.69, 9.17) is 14.3 Å². The highest BCUT2D eigenvalue weighted by Gasteiger charge is 2.17. The number of hydrogen-bond donors (Lipinski definition) is 2. The molecular weight excluding hydrogens is 272 g/mol. The second-order valence-electron chi connectivity index (χ2n) is 5.16. The van der Waals surface area contributed by atoms with Crippen LogP contribution < -0.4 is 5.32 Å². The fourth-order valence-corrected chi connectivity index (χ4v) is 1.92. The summed E-state index contributed by atoms with van der Waals surface area (Å²) in [6, 6.07) is 5.09. The van der Waals surface area contributed by atoms with Gasteiger partial charge in [-0.15, -0.1) is 0 Å². The monoisotopic (exact) mass is 292 g/mol. The normalized spacial score (nSPS) is 12.8. The van der Waals surface area contributed by atoms with Gasteiger partial charge >= 0.3 is 5.97 Å². The smallest absolute Gasteiger partial charge is 0.335 e. The van der Waals surface area contributed by atoms with Crippen LogP contribution in [-0.2, 0) is 4.74 Å². The lowest BCUT2D eigenvalue weighted by molar-refractivity contribution is 0.0697. The Hall–Kier alpha value is -2.08. The Morgan fingerprint density at radius 1 is 1.48 bits per heavy atom. The van der Waals surface area contributed by atoms with Crippen LogP contribution in [0.25, 0.3) is 11.1 Å². The Balaban J connectivity index is 2.19. The van der Waals surface area contributed by atoms with Gasteiger partial charge in [-0.2, -0.15) is 4.98 Å². The van der Waals surface area contributed by atoms with Crippen LogP contribution in [0.15, 0.2) is 22.6 Å². The van der Waals surface area contributed by atoms with Gasteiger partial charge < -0.3 is 19.6 Å². The minimum atomic E-state index is -0.987. The predicted octanol–water partition coefficient (Wildman–Crippen LogP) is 3.00. The number of aromatic carboxylic acids is 1. The molecule has 2 N–H and O–H groups in total. The molecule has 0 saturated carbocycles. The minimum Gasteiger partial charge on any atom is -0.478 e. The number of benzene rings is 1. The maximum absolute atomic E-state index is 10.9. The molecule has 0 radical (unpaired) electrons. The molecule has 0 fully saturated rings. The van der Waals surface area contributed by atoms with Crippen molar-refractivity contribution in [3.63, 3.8) is 0 Å². The summed E-state index contributed by atoms with van der Waals surface area (Å²) >= 11 is 0. The number of oxazole rings is 1. The molecule has 1 unspecified atom stereocenters. The highest BCUT2D eigenvalue weighted by atomic mass is 16.5. The Bertz CT molecular complexity index is 621. The Morgan fingerprint density at radius 2 is 2.24 bits per heavy atom. The third-order valence-electron chi connectivity index (χ3n) is 3.25. The maximum Gasteiger partial charge on any atom is 0.335 e. The molecule has 1 heterocycles. The van der Waals surface area contributed by atoms with Gasteiger partial charge in [-0.1, -0.05) is 13.8 Å². The van der Waals surface area contributed by atoms with Crippen molar-refractivity contribution < 1.29 is 19.1 Å². The Morgan fingerprint density at radius 3 is 2.86 bits per heavy atom. The lowest BCUT2D eigenvalue weighted by atomic mass is 10.1. The zero-order valence-electron chi connectivity index (χ0n) is 12.4. The minimum absolute atomic E-state index is 0.0805. The molecule has 21 heavy (non-hydrogen) atoms. The molecule has 0 bridgehead atoms. The molecule has 6 heteroatoms. The second kappa shape index (κ2) is 6.58. The molecule has 114 valence electrons. The highest BCUT2D eigenvalue weighted by molar-refractivity contribution is 5.92. The number of carbonyl (C=O) groups is 1. The van der Waals surface area contributed by atoms with Crippen LogP contribution in [0.2, 0.25) is 0 Å². The largest absolute Gasteiger partial charge is 0.478 e. The molecule has 1 aromatic heterocycles. The van der Waals surface area contributed by atoms with Crippen molar-refractivity contribution in [2.45, 2.75) is 26.8 Å². The molecule has 0 aliphatic carbocycles. The molecule has 6 nitrogen and oxygen atoms in total. The first kappa shape index (κ1) is 15.3. The van der Waals surface area contributed by atoms with E-state index in [2.05, 4.69) is 24.1 Å². The van der Waals surface area contributed by atoms with Crippen molar-refractivity contribution in [3.05, 3.63) is 23.8 Å². The van der Waals surface area contributed by atoms with Crippen molar-refractivity contribution in [2.75, 3.05) is 18.5 Å². The average Bonchev–Trinajstić information content (AvgIpc) is 2.84. The van der Waals surface area contributed by atoms with E-state index in [1.165, 1.54) is 12.1 Å². The number of rotatable bonds is 7. The van der Waals surface area contributed by atoms with E-state index < -0.39 is 5.97 Å². The van der Waals surface area contributed by atoms with Crippen molar-refractivity contribution in [3.8, 4) is 0 Å². The van der Waals surface area contributed by atoms with Gasteiger partial charge in [0.05, 0.1) is 18.2 Å². The zero-order valence-corrected chi connectivity index (χ0v) is 12.4. The van der Waals surface area contributed by atoms with Gasteiger partial charge in [-0.05, 0) is 31.0 Å². The third-order valence-corrected chi connectivity index (χ3v) is 3.25. The van der Waals surface area contributed by atoms with Crippen LogP contribution in [-0.4, -0.2) is 35.3 Å². The van der Waals surface area contributed by atoms with Gasteiger partial charge in [-0.3, -0.25) is 0 Å². The molecule has 1 aromatic carbocycles. The first-order valence-electron chi connectivity index (χ1n) is 6.99. The number of ether oxygens (including phenoxy) is 1. The number of carboxylic acid groups (broad SMARTS) is 1. The summed E-state index contributed by atoms with van der Waals surface area (Å²) in [7, 11) is 0. The first-order valence-corrected chi connectivity index (χ1v) is 6.99. The number of nitrogens with zero attached hydrogens (tertiary/aromatic N) is 1. The summed E-state index contributed by atoms with van der Waals surface area (Å²) in [5.74, 6) is -0.639. The van der Waals surface area contributed by atoms with Crippen LogP contribution in [0.4, 0.5) is 6.01 Å². The molecule has 0 aliphatic heterocycles. The molecule has 2 rings (SSSR count). The number of fused-ring (bicyclic) bond motifs is 1. The molecule has 0 saturated heterocycles. The number of carboxylic acids is 1. The SMILES string of the molecule is CCOCC(Nc1nc2ccc(C(=O)O)cc2o1)C(C)C. The zero-order chi connectivity index (χ0) is 15.4. The van der Waals surface area contributed by atoms with Crippen molar-refractivity contribution in [1.82, 2.24) is 4.98 Å². The number of nitrogens with one attached hydrogen (secondary N) is 1. The number of aromatic nitrogens is 1. The summed E-state index contributed by atoms with van der Waals surface area (Å²) in [6.07, 6.45) is 0. The van der Waals surface area contributed by atoms with Crippen molar-refractivity contribution in [1.29, 1.82) is 0 Å². The van der Waals surface area contributed by atoms with Crippen molar-refractivity contribution >= 4 is 23.1 Å². The van der Waals surface area contributed by atoms with E-state index in [0.717, 1.165) is 0 Å². The summed E-state index contributed by atoms with van der Waals surface area (Å²) in [5, 5.41) is 12.2. The predicted molar refractivity (Wildman–Crippen MR) is 79.7 cm³/mol. The standard InChI is InChI=1S/C15H20N2O4/c1-4-20-8-12(9(2)3)17-15-16-11-6-5-10(14(18)19)7-13(11)21-15/h5-7,9,12H,4,8H2,1-3H3,(H,16,17)(H,18,19). The van der Waals surface area contributed by atoms with Crippen LogP contribution in [0.1, 0.15) is 31.1 Å². The lowest BCUT2D eigenvalue weighted by Gasteiger charge is -2.20. The van der Waals surface area contributed by atoms with Gasteiger partial charge in [0.2, 0.25) is 0 Å². The van der Waals surface area contributed by atoms with Gasteiger partial charge in [0.15, 0.2) is 5.58 Å². The fourth-order valence-electron chi connectivity index (χ4n) is 1.92. The maximum atomic E-state index is 10.9.